The van der Waals surface area contributed by atoms with E-state index in [9.17, 15) is 0 Å². The molecule has 3 rings (SSSR count). The van der Waals surface area contributed by atoms with Gasteiger partial charge in [0.2, 0.25) is 0 Å². The Morgan fingerprint density at radius 1 is 1.33 bits per heavy atom. The first-order valence-electron chi connectivity index (χ1n) is 7.69. The van der Waals surface area contributed by atoms with Crippen LogP contribution in [0.4, 0.5) is 0 Å². The highest BCUT2D eigenvalue weighted by Crippen LogP contribution is 2.35. The second-order valence-corrected chi connectivity index (χ2v) is 6.84. The lowest BCUT2D eigenvalue weighted by Crippen LogP contribution is -2.38. The summed E-state index contributed by atoms with van der Waals surface area (Å²) >= 11 is 2.03. The van der Waals surface area contributed by atoms with Crippen molar-refractivity contribution in [2.24, 2.45) is 5.73 Å². The standard InChI is InChI=1S/C16H24N2O2S/c1-18(13-5-8-21-11-13)14(10-17)12-3-4-15-16(9-12)20-7-2-6-19-15/h3-4,9,13-14H,2,5-8,10-11,17H2,1H3. The molecule has 0 spiro atoms. The molecule has 1 aromatic rings. The third-order valence-corrected chi connectivity index (χ3v) is 5.50. The Morgan fingerprint density at radius 3 is 2.86 bits per heavy atom. The van der Waals surface area contributed by atoms with Gasteiger partial charge in [0.05, 0.1) is 13.2 Å². The minimum Gasteiger partial charge on any atom is -0.490 e. The second-order valence-electron chi connectivity index (χ2n) is 5.69. The van der Waals surface area contributed by atoms with Crippen molar-refractivity contribution in [3.05, 3.63) is 23.8 Å². The second kappa shape index (κ2) is 6.90. The summed E-state index contributed by atoms with van der Waals surface area (Å²) in [5, 5.41) is 0. The van der Waals surface area contributed by atoms with Crippen LogP contribution in [-0.2, 0) is 0 Å². The van der Waals surface area contributed by atoms with Crippen molar-refractivity contribution in [3.8, 4) is 11.5 Å². The molecule has 5 heteroatoms. The van der Waals surface area contributed by atoms with Crippen LogP contribution < -0.4 is 15.2 Å². The number of likely N-dealkylation sites (N-methyl/N-ethyl adjacent to an activating group) is 1. The van der Waals surface area contributed by atoms with E-state index in [0.29, 0.717) is 12.6 Å². The van der Waals surface area contributed by atoms with Crippen LogP contribution in [-0.4, -0.2) is 49.3 Å². The fourth-order valence-corrected chi connectivity index (χ4v) is 4.30. The summed E-state index contributed by atoms with van der Waals surface area (Å²) in [5.41, 5.74) is 7.28. The summed E-state index contributed by atoms with van der Waals surface area (Å²) in [6, 6.07) is 7.13. The fraction of sp³-hybridized carbons (Fsp3) is 0.625. The average molecular weight is 308 g/mol. The molecule has 4 nitrogen and oxygen atoms in total. The van der Waals surface area contributed by atoms with E-state index < -0.39 is 0 Å². The highest BCUT2D eigenvalue weighted by atomic mass is 32.2. The van der Waals surface area contributed by atoms with Crippen LogP contribution in [0.1, 0.15) is 24.4 Å². The molecule has 0 amide bonds. The number of benzene rings is 1. The number of nitrogens with zero attached hydrogens (tertiary/aromatic N) is 1. The molecule has 0 radical (unpaired) electrons. The first-order chi connectivity index (χ1) is 10.3. The van der Waals surface area contributed by atoms with E-state index in [1.54, 1.807) is 0 Å². The van der Waals surface area contributed by atoms with Gasteiger partial charge in [-0.25, -0.2) is 0 Å². The summed E-state index contributed by atoms with van der Waals surface area (Å²) in [5.74, 6) is 4.18. The zero-order valence-corrected chi connectivity index (χ0v) is 13.4. The Balaban J connectivity index is 1.81. The Morgan fingerprint density at radius 2 is 2.14 bits per heavy atom. The molecule has 0 bridgehead atoms. The third kappa shape index (κ3) is 3.30. The van der Waals surface area contributed by atoms with Gasteiger partial charge >= 0.3 is 0 Å². The van der Waals surface area contributed by atoms with E-state index in [1.165, 1.54) is 23.5 Å². The summed E-state index contributed by atoms with van der Waals surface area (Å²) in [6.45, 7) is 2.07. The summed E-state index contributed by atoms with van der Waals surface area (Å²) in [4.78, 5) is 2.43. The number of ether oxygens (including phenoxy) is 2. The molecule has 0 aromatic heterocycles. The Hall–Kier alpha value is -0.910. The number of fused-ring (bicyclic) bond motifs is 1. The van der Waals surface area contributed by atoms with E-state index in [1.807, 2.05) is 17.8 Å². The summed E-state index contributed by atoms with van der Waals surface area (Å²) in [6.07, 6.45) is 2.19. The maximum Gasteiger partial charge on any atom is 0.161 e. The van der Waals surface area contributed by atoms with E-state index in [4.69, 9.17) is 15.2 Å². The highest BCUT2D eigenvalue weighted by Gasteiger charge is 2.27. The minimum absolute atomic E-state index is 0.242. The zero-order valence-electron chi connectivity index (χ0n) is 12.6. The number of hydrogen-bond donors (Lipinski definition) is 1. The van der Waals surface area contributed by atoms with Gasteiger partial charge in [0.15, 0.2) is 11.5 Å². The number of thioether (sulfide) groups is 1. The monoisotopic (exact) mass is 308 g/mol. The molecule has 2 aliphatic rings. The van der Waals surface area contributed by atoms with Crippen molar-refractivity contribution in [2.75, 3.05) is 38.3 Å². The first kappa shape index (κ1) is 15.0. The predicted octanol–water partition coefficient (Wildman–Crippen LogP) is 2.29. The minimum atomic E-state index is 0.242. The zero-order chi connectivity index (χ0) is 14.7. The normalized spacial score (nSPS) is 23.1. The molecular weight excluding hydrogens is 284 g/mol. The van der Waals surface area contributed by atoms with E-state index in [0.717, 1.165) is 31.1 Å². The molecule has 0 aliphatic carbocycles. The van der Waals surface area contributed by atoms with Gasteiger partial charge in [-0.15, -0.1) is 0 Å². The van der Waals surface area contributed by atoms with Gasteiger partial charge in [0.25, 0.3) is 0 Å². The smallest absolute Gasteiger partial charge is 0.161 e. The van der Waals surface area contributed by atoms with E-state index >= 15 is 0 Å². The number of rotatable bonds is 4. The van der Waals surface area contributed by atoms with Crippen molar-refractivity contribution in [1.82, 2.24) is 4.90 Å². The molecule has 1 aromatic carbocycles. The molecule has 2 unspecified atom stereocenters. The van der Waals surface area contributed by atoms with Crippen LogP contribution in [0, 0.1) is 0 Å². The van der Waals surface area contributed by atoms with Crippen molar-refractivity contribution in [1.29, 1.82) is 0 Å². The molecule has 2 atom stereocenters. The van der Waals surface area contributed by atoms with Crippen molar-refractivity contribution in [2.45, 2.75) is 24.9 Å². The van der Waals surface area contributed by atoms with Crippen LogP contribution in [0.2, 0.25) is 0 Å². The topological polar surface area (TPSA) is 47.7 Å². The van der Waals surface area contributed by atoms with Crippen LogP contribution in [0.5, 0.6) is 11.5 Å². The van der Waals surface area contributed by atoms with Gasteiger partial charge in [-0.05, 0) is 36.9 Å². The van der Waals surface area contributed by atoms with Gasteiger partial charge < -0.3 is 15.2 Å². The Kier molecular flexibility index (Phi) is 4.93. The maximum absolute atomic E-state index is 6.06. The summed E-state index contributed by atoms with van der Waals surface area (Å²) in [7, 11) is 2.19. The van der Waals surface area contributed by atoms with E-state index in [-0.39, 0.29) is 6.04 Å². The average Bonchev–Trinajstić information content (AvgIpc) is 2.94. The van der Waals surface area contributed by atoms with Crippen LogP contribution in [0.15, 0.2) is 18.2 Å². The predicted molar refractivity (Wildman–Crippen MR) is 87.3 cm³/mol. The van der Waals surface area contributed by atoms with Gasteiger partial charge in [-0.2, -0.15) is 11.8 Å². The van der Waals surface area contributed by atoms with Gasteiger partial charge in [-0.3, -0.25) is 4.90 Å². The Bertz CT molecular complexity index is 477. The molecule has 21 heavy (non-hydrogen) atoms. The lowest BCUT2D eigenvalue weighted by atomic mass is 10.0. The first-order valence-corrected chi connectivity index (χ1v) is 8.84. The lowest BCUT2D eigenvalue weighted by Gasteiger charge is -2.32. The molecule has 1 saturated heterocycles. The van der Waals surface area contributed by atoms with Gasteiger partial charge in [0, 0.05) is 30.8 Å². The number of hydrogen-bond acceptors (Lipinski definition) is 5. The molecule has 116 valence electrons. The SMILES string of the molecule is CN(C1CCSC1)C(CN)c1ccc2c(c1)OCCCO2. The molecule has 2 N–H and O–H groups in total. The largest absolute Gasteiger partial charge is 0.490 e. The maximum atomic E-state index is 6.06. The molecule has 1 fully saturated rings. The molecule has 0 saturated carbocycles. The van der Waals surface area contributed by atoms with Gasteiger partial charge in [0.1, 0.15) is 0 Å². The highest BCUT2D eigenvalue weighted by molar-refractivity contribution is 7.99. The molecule has 2 heterocycles. The fourth-order valence-electron chi connectivity index (χ4n) is 3.02. The van der Waals surface area contributed by atoms with Crippen molar-refractivity contribution in [3.63, 3.8) is 0 Å². The van der Waals surface area contributed by atoms with Crippen LogP contribution in [0.3, 0.4) is 0 Å². The molecular formula is C16H24N2O2S. The van der Waals surface area contributed by atoms with Crippen LogP contribution in [0.25, 0.3) is 0 Å². The summed E-state index contributed by atoms with van der Waals surface area (Å²) < 4.78 is 11.5. The van der Waals surface area contributed by atoms with E-state index in [2.05, 4.69) is 24.1 Å². The molecule has 2 aliphatic heterocycles. The Labute approximate surface area is 131 Å². The van der Waals surface area contributed by atoms with Crippen molar-refractivity contribution >= 4 is 11.8 Å². The number of nitrogens with two attached hydrogens (primary N) is 1. The van der Waals surface area contributed by atoms with Crippen LogP contribution >= 0.6 is 11.8 Å². The lowest BCUT2D eigenvalue weighted by molar-refractivity contribution is 0.192. The van der Waals surface area contributed by atoms with Crippen molar-refractivity contribution < 1.29 is 9.47 Å². The third-order valence-electron chi connectivity index (χ3n) is 4.35. The quantitative estimate of drug-likeness (QED) is 0.925. The van der Waals surface area contributed by atoms with Gasteiger partial charge in [-0.1, -0.05) is 6.07 Å².